The van der Waals surface area contributed by atoms with Gasteiger partial charge in [0.25, 0.3) is 5.91 Å². The van der Waals surface area contributed by atoms with Crippen molar-refractivity contribution >= 4 is 11.7 Å². The fourth-order valence-electron chi connectivity index (χ4n) is 2.09. The third-order valence-electron chi connectivity index (χ3n) is 3.14. The lowest BCUT2D eigenvalue weighted by Gasteiger charge is -2.14. The Morgan fingerprint density at radius 2 is 2.10 bits per heavy atom. The molecular formula is C14H20N6O. The van der Waals surface area contributed by atoms with Crippen LogP contribution >= 0.6 is 0 Å². The highest BCUT2D eigenvalue weighted by Crippen LogP contribution is 2.07. The van der Waals surface area contributed by atoms with Crippen molar-refractivity contribution in [3.63, 3.8) is 0 Å². The Kier molecular flexibility index (Phi) is 4.52. The standard InChI is InChI=1S/C14H20N6O/c1-9(8-20-11(3)6-10(2)19-20)7-18-14(21)12-13(15)17-5-4-16-12/h4-6,9H,7-8H2,1-3H3,(H2,15,17)(H,18,21)/t9-/m0/s1. The number of carbonyl (C=O) groups is 1. The number of nitrogens with two attached hydrogens (primary N) is 1. The molecule has 0 aliphatic rings. The molecule has 3 N–H and O–H groups in total. The van der Waals surface area contributed by atoms with Gasteiger partial charge in [-0.25, -0.2) is 9.97 Å². The Balaban J connectivity index is 1.89. The second kappa shape index (κ2) is 6.34. The molecular weight excluding hydrogens is 268 g/mol. The molecule has 0 radical (unpaired) electrons. The summed E-state index contributed by atoms with van der Waals surface area (Å²) in [4.78, 5) is 19.8. The minimum Gasteiger partial charge on any atom is -0.382 e. The van der Waals surface area contributed by atoms with Crippen molar-refractivity contribution < 1.29 is 4.79 Å². The van der Waals surface area contributed by atoms with E-state index in [1.54, 1.807) is 0 Å². The zero-order chi connectivity index (χ0) is 15.4. The van der Waals surface area contributed by atoms with Gasteiger partial charge in [0.15, 0.2) is 11.5 Å². The summed E-state index contributed by atoms with van der Waals surface area (Å²) >= 11 is 0. The van der Waals surface area contributed by atoms with Gasteiger partial charge < -0.3 is 11.1 Å². The Bertz CT molecular complexity index is 636. The number of amides is 1. The number of hydrogen-bond donors (Lipinski definition) is 2. The van der Waals surface area contributed by atoms with Gasteiger partial charge >= 0.3 is 0 Å². The molecule has 2 rings (SSSR count). The molecule has 1 amide bonds. The highest BCUT2D eigenvalue weighted by atomic mass is 16.1. The first-order valence-electron chi connectivity index (χ1n) is 6.83. The van der Waals surface area contributed by atoms with Gasteiger partial charge in [-0.05, 0) is 25.8 Å². The highest BCUT2D eigenvalue weighted by Gasteiger charge is 2.13. The van der Waals surface area contributed by atoms with Gasteiger partial charge in [-0.15, -0.1) is 0 Å². The minimum absolute atomic E-state index is 0.140. The number of aromatic nitrogens is 4. The number of aryl methyl sites for hydroxylation is 2. The zero-order valence-corrected chi connectivity index (χ0v) is 12.5. The minimum atomic E-state index is -0.305. The molecule has 21 heavy (non-hydrogen) atoms. The summed E-state index contributed by atoms with van der Waals surface area (Å²) in [7, 11) is 0. The van der Waals surface area contributed by atoms with E-state index in [-0.39, 0.29) is 23.3 Å². The van der Waals surface area contributed by atoms with E-state index >= 15 is 0 Å². The number of nitrogen functional groups attached to an aromatic ring is 1. The van der Waals surface area contributed by atoms with E-state index in [4.69, 9.17) is 5.73 Å². The lowest BCUT2D eigenvalue weighted by Crippen LogP contribution is -2.31. The van der Waals surface area contributed by atoms with Gasteiger partial charge in [-0.3, -0.25) is 9.48 Å². The lowest BCUT2D eigenvalue weighted by atomic mass is 10.2. The smallest absolute Gasteiger partial charge is 0.273 e. The molecule has 7 nitrogen and oxygen atoms in total. The van der Waals surface area contributed by atoms with Crippen LogP contribution in [-0.2, 0) is 6.54 Å². The summed E-state index contributed by atoms with van der Waals surface area (Å²) in [6, 6.07) is 2.03. The number of hydrogen-bond acceptors (Lipinski definition) is 5. The molecule has 2 aromatic rings. The van der Waals surface area contributed by atoms with Gasteiger partial charge in [0.2, 0.25) is 0 Å². The second-order valence-corrected chi connectivity index (χ2v) is 5.21. The van der Waals surface area contributed by atoms with E-state index in [1.807, 2.05) is 24.6 Å². The van der Waals surface area contributed by atoms with Gasteiger partial charge in [0.1, 0.15) is 0 Å². The molecule has 0 fully saturated rings. The lowest BCUT2D eigenvalue weighted by molar-refractivity contribution is 0.0942. The highest BCUT2D eigenvalue weighted by molar-refractivity contribution is 5.96. The first-order chi connectivity index (χ1) is 9.97. The summed E-state index contributed by atoms with van der Waals surface area (Å²) in [5.74, 6) is 0.0758. The fraction of sp³-hybridized carbons (Fsp3) is 0.429. The van der Waals surface area contributed by atoms with Crippen molar-refractivity contribution in [2.24, 2.45) is 5.92 Å². The van der Waals surface area contributed by atoms with Gasteiger partial charge in [0.05, 0.1) is 5.69 Å². The molecule has 0 aromatic carbocycles. The van der Waals surface area contributed by atoms with E-state index < -0.39 is 0 Å². The number of nitrogens with one attached hydrogen (secondary N) is 1. The molecule has 0 unspecified atom stereocenters. The van der Waals surface area contributed by atoms with Crippen LogP contribution in [0.1, 0.15) is 28.8 Å². The van der Waals surface area contributed by atoms with Crippen LogP contribution in [0.5, 0.6) is 0 Å². The van der Waals surface area contributed by atoms with Gasteiger partial charge in [0, 0.05) is 31.2 Å². The Morgan fingerprint density at radius 1 is 1.38 bits per heavy atom. The average molecular weight is 288 g/mol. The van der Waals surface area contributed by atoms with Crippen LogP contribution < -0.4 is 11.1 Å². The molecule has 2 heterocycles. The molecule has 0 saturated heterocycles. The topological polar surface area (TPSA) is 98.7 Å². The van der Waals surface area contributed by atoms with Crippen molar-refractivity contribution in [3.8, 4) is 0 Å². The van der Waals surface area contributed by atoms with E-state index in [1.165, 1.54) is 12.4 Å². The molecule has 0 spiro atoms. The van der Waals surface area contributed by atoms with Crippen LogP contribution in [-0.4, -0.2) is 32.2 Å². The van der Waals surface area contributed by atoms with Crippen LogP contribution in [0.25, 0.3) is 0 Å². The largest absolute Gasteiger partial charge is 0.382 e. The summed E-state index contributed by atoms with van der Waals surface area (Å²) in [6.07, 6.45) is 2.90. The Hall–Kier alpha value is -2.44. The second-order valence-electron chi connectivity index (χ2n) is 5.21. The number of carbonyl (C=O) groups excluding carboxylic acids is 1. The van der Waals surface area contributed by atoms with E-state index in [2.05, 4.69) is 27.3 Å². The first kappa shape index (κ1) is 15.0. The normalized spacial score (nSPS) is 12.1. The van der Waals surface area contributed by atoms with Crippen molar-refractivity contribution in [1.29, 1.82) is 0 Å². The van der Waals surface area contributed by atoms with Gasteiger partial charge in [-0.2, -0.15) is 5.10 Å². The molecule has 1 atom stereocenters. The number of rotatable bonds is 5. The van der Waals surface area contributed by atoms with Crippen molar-refractivity contribution in [1.82, 2.24) is 25.1 Å². The monoisotopic (exact) mass is 288 g/mol. The molecule has 0 saturated carbocycles. The summed E-state index contributed by atoms with van der Waals surface area (Å²) < 4.78 is 1.95. The third-order valence-corrected chi connectivity index (χ3v) is 3.14. The maximum Gasteiger partial charge on any atom is 0.273 e. The molecule has 0 aliphatic heterocycles. The van der Waals surface area contributed by atoms with E-state index in [0.29, 0.717) is 6.54 Å². The van der Waals surface area contributed by atoms with Crippen LogP contribution in [0.4, 0.5) is 5.82 Å². The SMILES string of the molecule is Cc1cc(C)n(C[C@@H](C)CNC(=O)c2nccnc2N)n1. The predicted molar refractivity (Wildman–Crippen MR) is 79.6 cm³/mol. The Labute approximate surface area is 123 Å². The molecule has 0 bridgehead atoms. The van der Waals surface area contributed by atoms with Crippen molar-refractivity contribution in [2.75, 3.05) is 12.3 Å². The maximum atomic E-state index is 12.0. The van der Waals surface area contributed by atoms with Crippen molar-refractivity contribution in [2.45, 2.75) is 27.3 Å². The fourth-order valence-corrected chi connectivity index (χ4v) is 2.09. The molecule has 7 heteroatoms. The quantitative estimate of drug-likeness (QED) is 0.853. The summed E-state index contributed by atoms with van der Waals surface area (Å²) in [5.41, 5.74) is 7.90. The van der Waals surface area contributed by atoms with Crippen LogP contribution in [0, 0.1) is 19.8 Å². The number of nitrogens with zero attached hydrogens (tertiary/aromatic N) is 4. The summed E-state index contributed by atoms with van der Waals surface area (Å²) in [5, 5.41) is 7.23. The maximum absolute atomic E-state index is 12.0. The zero-order valence-electron chi connectivity index (χ0n) is 12.5. The molecule has 2 aromatic heterocycles. The number of anilines is 1. The van der Waals surface area contributed by atoms with Crippen molar-refractivity contribution in [3.05, 3.63) is 35.5 Å². The molecule has 0 aliphatic carbocycles. The Morgan fingerprint density at radius 3 is 2.71 bits per heavy atom. The predicted octanol–water partition coefficient (Wildman–Crippen LogP) is 0.938. The van der Waals surface area contributed by atoms with E-state index in [0.717, 1.165) is 17.9 Å². The average Bonchev–Trinajstić information content (AvgIpc) is 2.74. The van der Waals surface area contributed by atoms with Crippen LogP contribution in [0.2, 0.25) is 0 Å². The van der Waals surface area contributed by atoms with Crippen LogP contribution in [0.3, 0.4) is 0 Å². The van der Waals surface area contributed by atoms with Crippen LogP contribution in [0.15, 0.2) is 18.5 Å². The molecule has 112 valence electrons. The van der Waals surface area contributed by atoms with E-state index in [9.17, 15) is 4.79 Å². The van der Waals surface area contributed by atoms with Gasteiger partial charge in [-0.1, -0.05) is 6.92 Å². The first-order valence-corrected chi connectivity index (χ1v) is 6.83. The summed E-state index contributed by atoms with van der Waals surface area (Å²) in [6.45, 7) is 7.30. The third kappa shape index (κ3) is 3.77.